The van der Waals surface area contributed by atoms with Gasteiger partial charge in [0.15, 0.2) is 0 Å². The zero-order valence-electron chi connectivity index (χ0n) is 10.7. The zero-order chi connectivity index (χ0) is 13.2. The molecular weight excluding hydrogens is 222 g/mol. The van der Waals surface area contributed by atoms with E-state index in [1.807, 2.05) is 0 Å². The van der Waals surface area contributed by atoms with Gasteiger partial charge in [0, 0.05) is 12.8 Å². The molecule has 1 aromatic heterocycles. The van der Waals surface area contributed by atoms with Crippen molar-refractivity contribution in [1.82, 2.24) is 4.98 Å². The number of ether oxygens (including phenoxy) is 2. The van der Waals surface area contributed by atoms with Crippen LogP contribution < -0.4 is 0 Å². The molecule has 0 saturated carbocycles. The predicted octanol–water partition coefficient (Wildman–Crippen LogP) is 1.64. The Morgan fingerprint density at radius 1 is 1.24 bits per heavy atom. The molecule has 0 fully saturated rings. The van der Waals surface area contributed by atoms with Crippen molar-refractivity contribution < 1.29 is 19.1 Å². The van der Waals surface area contributed by atoms with E-state index in [1.165, 1.54) is 14.2 Å². The van der Waals surface area contributed by atoms with Gasteiger partial charge in [-0.25, -0.2) is 4.79 Å². The van der Waals surface area contributed by atoms with Gasteiger partial charge < -0.3 is 14.5 Å². The minimum absolute atomic E-state index is 0.178. The Balaban J connectivity index is 3.21. The molecule has 5 nitrogen and oxygen atoms in total. The summed E-state index contributed by atoms with van der Waals surface area (Å²) in [6.45, 7) is 5.11. The minimum atomic E-state index is -0.544. The Bertz CT molecular complexity index is 448. The van der Waals surface area contributed by atoms with Crippen LogP contribution in [0.3, 0.4) is 0 Å². The van der Waals surface area contributed by atoms with Crippen LogP contribution >= 0.6 is 0 Å². The molecule has 1 N–H and O–H groups in total. The van der Waals surface area contributed by atoms with E-state index in [9.17, 15) is 9.59 Å². The Kier molecular flexibility index (Phi) is 4.07. The first-order chi connectivity index (χ1) is 7.93. The first-order valence-corrected chi connectivity index (χ1v) is 5.28. The van der Waals surface area contributed by atoms with E-state index in [4.69, 9.17) is 4.74 Å². The number of carbonyl (C=O) groups excluding carboxylic acids is 2. The van der Waals surface area contributed by atoms with Gasteiger partial charge in [0.1, 0.15) is 6.10 Å². The first-order valence-electron chi connectivity index (χ1n) is 5.28. The number of H-pyrrole nitrogens is 1. The van der Waals surface area contributed by atoms with Crippen molar-refractivity contribution in [2.24, 2.45) is 0 Å². The lowest BCUT2D eigenvalue weighted by Crippen LogP contribution is -2.20. The highest BCUT2D eigenvalue weighted by Gasteiger charge is 2.25. The summed E-state index contributed by atoms with van der Waals surface area (Å²) < 4.78 is 9.65. The molecule has 1 aromatic rings. The smallest absolute Gasteiger partial charge is 0.339 e. The summed E-state index contributed by atoms with van der Waals surface area (Å²) in [6, 6.07) is 0. The van der Waals surface area contributed by atoms with E-state index in [1.54, 1.807) is 20.8 Å². The number of rotatable bonds is 4. The highest BCUT2D eigenvalue weighted by atomic mass is 16.5. The van der Waals surface area contributed by atoms with Crippen LogP contribution in [0.4, 0.5) is 0 Å². The quantitative estimate of drug-likeness (QED) is 0.640. The molecule has 0 aliphatic carbocycles. The maximum Gasteiger partial charge on any atom is 0.339 e. The van der Waals surface area contributed by atoms with Crippen molar-refractivity contribution in [2.45, 2.75) is 26.9 Å². The summed E-state index contributed by atoms with van der Waals surface area (Å²) in [5.41, 5.74) is 2.04. The van der Waals surface area contributed by atoms with Crippen LogP contribution in [0.5, 0.6) is 0 Å². The largest absolute Gasteiger partial charge is 0.465 e. The second-order valence-electron chi connectivity index (χ2n) is 3.86. The second kappa shape index (κ2) is 5.14. The second-order valence-corrected chi connectivity index (χ2v) is 3.86. The van der Waals surface area contributed by atoms with Crippen molar-refractivity contribution in [3.63, 3.8) is 0 Å². The van der Waals surface area contributed by atoms with Gasteiger partial charge in [0.25, 0.3) is 0 Å². The molecule has 0 spiro atoms. The monoisotopic (exact) mass is 239 g/mol. The van der Waals surface area contributed by atoms with Gasteiger partial charge in [0.05, 0.1) is 18.4 Å². The maximum atomic E-state index is 12.0. The van der Waals surface area contributed by atoms with Crippen molar-refractivity contribution in [1.29, 1.82) is 0 Å². The number of hydrogen-bond acceptors (Lipinski definition) is 4. The van der Waals surface area contributed by atoms with Crippen LogP contribution in [0.15, 0.2) is 0 Å². The third-order valence-corrected chi connectivity index (χ3v) is 2.80. The maximum absolute atomic E-state index is 12.0. The average molecular weight is 239 g/mol. The minimum Gasteiger partial charge on any atom is -0.465 e. The SMILES string of the molecule is COC(=O)c1c(C)[nH]c(C(=O)C(C)OC)c1C. The van der Waals surface area contributed by atoms with Crippen molar-refractivity contribution >= 4 is 11.8 Å². The van der Waals surface area contributed by atoms with Gasteiger partial charge in [-0.1, -0.05) is 0 Å². The van der Waals surface area contributed by atoms with E-state index >= 15 is 0 Å². The van der Waals surface area contributed by atoms with Crippen LogP contribution in [0.1, 0.15) is 39.0 Å². The molecule has 0 aromatic carbocycles. The molecule has 1 atom stereocenters. The summed E-state index contributed by atoms with van der Waals surface area (Å²) in [6.07, 6.45) is -0.544. The molecule has 94 valence electrons. The van der Waals surface area contributed by atoms with Crippen molar-refractivity contribution in [3.05, 3.63) is 22.5 Å². The molecule has 17 heavy (non-hydrogen) atoms. The number of methoxy groups -OCH3 is 2. The molecule has 1 rings (SSSR count). The van der Waals surface area contributed by atoms with E-state index in [0.29, 0.717) is 22.5 Å². The van der Waals surface area contributed by atoms with Gasteiger partial charge in [-0.3, -0.25) is 4.79 Å². The highest BCUT2D eigenvalue weighted by molar-refractivity contribution is 6.03. The number of Topliss-reactive ketones (excluding diaryl/α,β-unsaturated/α-hetero) is 1. The predicted molar refractivity (Wildman–Crippen MR) is 62.4 cm³/mol. The average Bonchev–Trinajstić information content (AvgIpc) is 2.62. The molecule has 0 radical (unpaired) electrons. The summed E-state index contributed by atoms with van der Waals surface area (Å²) >= 11 is 0. The summed E-state index contributed by atoms with van der Waals surface area (Å²) in [4.78, 5) is 26.4. The molecular formula is C12H17NO4. The van der Waals surface area contributed by atoms with E-state index < -0.39 is 12.1 Å². The molecule has 0 saturated heterocycles. The van der Waals surface area contributed by atoms with Crippen LogP contribution in [0.25, 0.3) is 0 Å². The molecule has 1 heterocycles. The lowest BCUT2D eigenvalue weighted by Gasteiger charge is -2.07. The lowest BCUT2D eigenvalue weighted by molar-refractivity contribution is 0.0599. The molecule has 5 heteroatoms. The normalized spacial score (nSPS) is 12.3. The van der Waals surface area contributed by atoms with Crippen molar-refractivity contribution in [2.75, 3.05) is 14.2 Å². The van der Waals surface area contributed by atoms with Gasteiger partial charge in [-0.15, -0.1) is 0 Å². The van der Waals surface area contributed by atoms with Crippen LogP contribution in [-0.2, 0) is 9.47 Å². The van der Waals surface area contributed by atoms with Gasteiger partial charge >= 0.3 is 5.97 Å². The molecule has 0 aliphatic heterocycles. The number of carbonyl (C=O) groups is 2. The fraction of sp³-hybridized carbons (Fsp3) is 0.500. The number of hydrogen-bond donors (Lipinski definition) is 1. The number of aromatic amines is 1. The van der Waals surface area contributed by atoms with Gasteiger partial charge in [-0.05, 0) is 26.3 Å². The number of nitrogens with one attached hydrogen (secondary N) is 1. The summed E-state index contributed by atoms with van der Waals surface area (Å²) in [5.74, 6) is -0.622. The number of ketones is 1. The van der Waals surface area contributed by atoms with Gasteiger partial charge in [0.2, 0.25) is 5.78 Å². The standard InChI is InChI=1S/C12H17NO4/c1-6-9(12(15)17-5)7(2)13-10(6)11(14)8(3)16-4/h8,13H,1-5H3. The molecule has 1 unspecified atom stereocenters. The lowest BCUT2D eigenvalue weighted by atomic mass is 10.1. The van der Waals surface area contributed by atoms with Gasteiger partial charge in [-0.2, -0.15) is 0 Å². The van der Waals surface area contributed by atoms with Crippen LogP contribution in [-0.4, -0.2) is 37.1 Å². The Morgan fingerprint density at radius 2 is 1.82 bits per heavy atom. The third kappa shape index (κ3) is 2.39. The third-order valence-electron chi connectivity index (χ3n) is 2.80. The Hall–Kier alpha value is -1.62. The number of aromatic nitrogens is 1. The van der Waals surface area contributed by atoms with E-state index in [0.717, 1.165) is 0 Å². The Morgan fingerprint density at radius 3 is 2.29 bits per heavy atom. The number of aryl methyl sites for hydroxylation is 1. The van der Waals surface area contributed by atoms with Crippen molar-refractivity contribution in [3.8, 4) is 0 Å². The Labute approximate surface area is 100 Å². The summed E-state index contributed by atoms with van der Waals surface area (Å²) in [5, 5.41) is 0. The molecule has 0 bridgehead atoms. The number of esters is 1. The summed E-state index contributed by atoms with van der Waals surface area (Å²) in [7, 11) is 2.78. The first kappa shape index (κ1) is 13.4. The van der Waals surface area contributed by atoms with Crippen LogP contribution in [0.2, 0.25) is 0 Å². The fourth-order valence-corrected chi connectivity index (χ4v) is 1.71. The molecule has 0 amide bonds. The van der Waals surface area contributed by atoms with E-state index in [-0.39, 0.29) is 5.78 Å². The molecule has 0 aliphatic rings. The van der Waals surface area contributed by atoms with E-state index in [2.05, 4.69) is 9.72 Å². The van der Waals surface area contributed by atoms with Crippen LogP contribution in [0, 0.1) is 13.8 Å². The topological polar surface area (TPSA) is 68.4 Å². The fourth-order valence-electron chi connectivity index (χ4n) is 1.71. The zero-order valence-corrected chi connectivity index (χ0v) is 10.7. The highest BCUT2D eigenvalue weighted by Crippen LogP contribution is 2.20.